The molecule has 7 nitrogen and oxygen atoms in total. The van der Waals surface area contributed by atoms with Crippen molar-refractivity contribution in [3.05, 3.63) is 53.7 Å². The van der Waals surface area contributed by atoms with Gasteiger partial charge in [0.15, 0.2) is 0 Å². The maximum atomic E-state index is 11.5. The van der Waals surface area contributed by atoms with Crippen molar-refractivity contribution in [1.29, 1.82) is 0 Å². The van der Waals surface area contributed by atoms with Gasteiger partial charge in [-0.1, -0.05) is 0 Å². The predicted octanol–water partition coefficient (Wildman–Crippen LogP) is -0.0414. The third kappa shape index (κ3) is 1.58. The summed E-state index contributed by atoms with van der Waals surface area (Å²) in [5.41, 5.74) is 1.98. The first-order chi connectivity index (χ1) is 8.75. The van der Waals surface area contributed by atoms with Gasteiger partial charge in [0.2, 0.25) is 10.6 Å². The third-order valence-electron chi connectivity index (χ3n) is 2.57. The Labute approximate surface area is 101 Å². The minimum absolute atomic E-state index is 0.203. The summed E-state index contributed by atoms with van der Waals surface area (Å²) in [6.45, 7) is 0. The Kier molecular flexibility index (Phi) is 2.23. The molecule has 0 atom stereocenters. The van der Waals surface area contributed by atoms with Crippen LogP contribution in [-0.4, -0.2) is 15.1 Å². The standard InChI is InChI=1S/C11H7N5O2/c17-15-7-14-16(18)11-3-8(1-2-10(11)15)9-4-12-6-13-5-9/h1-7H. The van der Waals surface area contributed by atoms with Crippen molar-refractivity contribution >= 4 is 11.0 Å². The van der Waals surface area contributed by atoms with Crippen molar-refractivity contribution in [3.8, 4) is 11.1 Å². The number of nitrogens with zero attached hydrogens (tertiary/aromatic N) is 5. The van der Waals surface area contributed by atoms with Crippen molar-refractivity contribution in [2.24, 2.45) is 0 Å². The zero-order chi connectivity index (χ0) is 12.5. The van der Waals surface area contributed by atoms with Crippen molar-refractivity contribution in [3.63, 3.8) is 0 Å². The van der Waals surface area contributed by atoms with Gasteiger partial charge in [-0.25, -0.2) is 14.7 Å². The van der Waals surface area contributed by atoms with Crippen molar-refractivity contribution in [2.75, 3.05) is 0 Å². The highest BCUT2D eigenvalue weighted by molar-refractivity contribution is 5.76. The average Bonchev–Trinajstić information content (AvgIpc) is 2.44. The summed E-state index contributed by atoms with van der Waals surface area (Å²) in [5, 5.41) is 26.4. The van der Waals surface area contributed by atoms with Crippen molar-refractivity contribution in [1.82, 2.24) is 15.1 Å². The van der Waals surface area contributed by atoms with Crippen LogP contribution in [0.2, 0.25) is 0 Å². The fraction of sp³-hybridized carbons (Fsp3) is 0. The largest absolute Gasteiger partial charge is 0.710 e. The summed E-state index contributed by atoms with van der Waals surface area (Å²) in [4.78, 5) is 8.22. The van der Waals surface area contributed by atoms with Gasteiger partial charge >= 0.3 is 11.8 Å². The Morgan fingerprint density at radius 2 is 1.72 bits per heavy atom. The molecule has 0 fully saturated rings. The number of fused-ring (bicyclic) bond motifs is 1. The Bertz CT molecular complexity index is 717. The molecule has 18 heavy (non-hydrogen) atoms. The molecule has 0 spiro atoms. The molecule has 0 N–H and O–H groups in total. The van der Waals surface area contributed by atoms with E-state index < -0.39 is 0 Å². The quantitative estimate of drug-likeness (QED) is 0.440. The van der Waals surface area contributed by atoms with E-state index >= 15 is 0 Å². The molecule has 88 valence electrons. The van der Waals surface area contributed by atoms with Crippen LogP contribution < -0.4 is 9.58 Å². The van der Waals surface area contributed by atoms with Gasteiger partial charge in [-0.05, 0) is 17.7 Å². The van der Waals surface area contributed by atoms with Crippen molar-refractivity contribution in [2.45, 2.75) is 0 Å². The van der Waals surface area contributed by atoms with Gasteiger partial charge < -0.3 is 10.4 Å². The van der Waals surface area contributed by atoms with Gasteiger partial charge in [0.1, 0.15) is 6.33 Å². The topological polar surface area (TPSA) is 92.5 Å². The second-order valence-corrected chi connectivity index (χ2v) is 3.66. The molecule has 0 radical (unpaired) electrons. The van der Waals surface area contributed by atoms with E-state index in [1.54, 1.807) is 30.6 Å². The molecule has 0 saturated carbocycles. The van der Waals surface area contributed by atoms with Gasteiger partial charge in [0.05, 0.1) is 4.85 Å². The van der Waals surface area contributed by atoms with Gasteiger partial charge in [-0.3, -0.25) is 0 Å². The molecule has 1 aromatic carbocycles. The summed E-state index contributed by atoms with van der Waals surface area (Å²) in [7, 11) is 0. The highest BCUT2D eigenvalue weighted by Crippen LogP contribution is 2.19. The van der Waals surface area contributed by atoms with E-state index in [1.165, 1.54) is 6.33 Å². The molecule has 0 aliphatic rings. The van der Waals surface area contributed by atoms with E-state index in [-0.39, 0.29) is 11.0 Å². The lowest BCUT2D eigenvalue weighted by molar-refractivity contribution is -0.680. The van der Waals surface area contributed by atoms with Crippen LogP contribution in [0, 0.1) is 10.4 Å². The summed E-state index contributed by atoms with van der Waals surface area (Å²) >= 11 is 0. The minimum Gasteiger partial charge on any atom is -0.710 e. The molecule has 7 heteroatoms. The Morgan fingerprint density at radius 3 is 2.50 bits per heavy atom. The SMILES string of the molecule is [O-][n+]1cn[n+]([O-])c2cc(-c3cncnc3)ccc21. The van der Waals surface area contributed by atoms with Crippen LogP contribution in [0.25, 0.3) is 22.2 Å². The second-order valence-electron chi connectivity index (χ2n) is 3.66. The van der Waals surface area contributed by atoms with E-state index in [0.717, 1.165) is 17.5 Å². The van der Waals surface area contributed by atoms with E-state index in [1.807, 2.05) is 0 Å². The molecule has 0 bridgehead atoms. The third-order valence-corrected chi connectivity index (χ3v) is 2.57. The number of hydrogen-bond acceptors (Lipinski definition) is 5. The molecule has 0 aliphatic heterocycles. The Morgan fingerprint density at radius 1 is 0.944 bits per heavy atom. The summed E-state index contributed by atoms with van der Waals surface area (Å²) in [6, 6.07) is 4.89. The van der Waals surface area contributed by atoms with Crippen LogP contribution in [0.5, 0.6) is 0 Å². The van der Waals surface area contributed by atoms with E-state index in [0.29, 0.717) is 9.58 Å². The fourth-order valence-corrected chi connectivity index (χ4v) is 1.71. The van der Waals surface area contributed by atoms with Gasteiger partial charge in [-0.2, -0.15) is 0 Å². The number of hydrogen-bond donors (Lipinski definition) is 0. The van der Waals surface area contributed by atoms with Crippen molar-refractivity contribution < 1.29 is 9.58 Å². The Balaban J connectivity index is 2.26. The monoisotopic (exact) mass is 241 g/mol. The van der Waals surface area contributed by atoms with Crippen LogP contribution in [0.1, 0.15) is 0 Å². The zero-order valence-corrected chi connectivity index (χ0v) is 9.09. The maximum absolute atomic E-state index is 11.5. The number of benzene rings is 1. The maximum Gasteiger partial charge on any atom is 0.365 e. The summed E-state index contributed by atoms with van der Waals surface area (Å²) < 4.78 is 0.551. The van der Waals surface area contributed by atoms with Gasteiger partial charge in [0, 0.05) is 24.0 Å². The lowest BCUT2D eigenvalue weighted by atomic mass is 10.1. The highest BCUT2D eigenvalue weighted by atomic mass is 16.5. The van der Waals surface area contributed by atoms with Crippen LogP contribution in [0.4, 0.5) is 0 Å². The first-order valence-corrected chi connectivity index (χ1v) is 5.13. The second kappa shape index (κ2) is 3.88. The van der Waals surface area contributed by atoms with E-state index in [9.17, 15) is 10.4 Å². The van der Waals surface area contributed by atoms with Crippen LogP contribution in [-0.2, 0) is 0 Å². The number of rotatable bonds is 1. The average molecular weight is 241 g/mol. The normalized spacial score (nSPS) is 10.7. The van der Waals surface area contributed by atoms with E-state index in [2.05, 4.69) is 15.1 Å². The molecule has 3 aromatic rings. The lowest BCUT2D eigenvalue weighted by Crippen LogP contribution is -2.40. The summed E-state index contributed by atoms with van der Waals surface area (Å²) in [5.74, 6) is 0. The predicted molar refractivity (Wildman–Crippen MR) is 60.7 cm³/mol. The Hall–Kier alpha value is -2.83. The molecule has 3 rings (SSSR count). The van der Waals surface area contributed by atoms with Gasteiger partial charge in [0.25, 0.3) is 0 Å². The smallest absolute Gasteiger partial charge is 0.365 e. The number of aromatic nitrogens is 5. The molecule has 0 aliphatic carbocycles. The van der Waals surface area contributed by atoms with Crippen LogP contribution in [0.15, 0.2) is 43.2 Å². The molecule has 0 saturated heterocycles. The molecule has 2 aromatic heterocycles. The van der Waals surface area contributed by atoms with Gasteiger partial charge in [-0.15, -0.1) is 0 Å². The fourth-order valence-electron chi connectivity index (χ4n) is 1.71. The minimum atomic E-state index is 0.203. The van der Waals surface area contributed by atoms with E-state index in [4.69, 9.17) is 0 Å². The molecule has 0 unspecified atom stereocenters. The first-order valence-electron chi connectivity index (χ1n) is 5.13. The molecular weight excluding hydrogens is 234 g/mol. The highest BCUT2D eigenvalue weighted by Gasteiger charge is 2.14. The first kappa shape index (κ1) is 10.3. The lowest BCUT2D eigenvalue weighted by Gasteiger charge is -2.04. The van der Waals surface area contributed by atoms with Crippen LogP contribution in [0.3, 0.4) is 0 Å². The summed E-state index contributed by atoms with van der Waals surface area (Å²) in [6.07, 6.45) is 5.61. The molecule has 0 amide bonds. The molecular formula is C11H7N5O2. The zero-order valence-electron chi connectivity index (χ0n) is 9.09. The molecule has 2 heterocycles. The van der Waals surface area contributed by atoms with Crippen LogP contribution >= 0.6 is 0 Å².